The average molecular weight is 424 g/mol. The van der Waals surface area contributed by atoms with Gasteiger partial charge in [-0.25, -0.2) is 4.39 Å². The first-order chi connectivity index (χ1) is 14.9. The second-order valence-corrected chi connectivity index (χ2v) is 8.43. The Labute approximate surface area is 179 Å². The zero-order valence-corrected chi connectivity index (χ0v) is 17.2. The zero-order chi connectivity index (χ0) is 22.0. The number of likely N-dealkylation sites (tertiary alicyclic amines) is 1. The standard InChI is InChI=1S/C22H25FN6O2/c23-17-5-1-15(2-6-17)13-28-11-8-22(7-10-24,9-12-28)29-14-18(19(25)30)20(27-29)26-21(31)16-3-4-16/h1-2,5-6,14,16H,3-4,7-9,11-13H2,(H2,25,30)(H,26,27,31). The van der Waals surface area contributed by atoms with Crippen LogP contribution in [0, 0.1) is 23.1 Å². The number of benzene rings is 1. The fourth-order valence-corrected chi connectivity index (χ4v) is 4.06. The number of anilines is 1. The van der Waals surface area contributed by atoms with Gasteiger partial charge in [0.25, 0.3) is 5.91 Å². The summed E-state index contributed by atoms with van der Waals surface area (Å²) in [6.07, 6.45) is 4.75. The number of nitrogens with one attached hydrogen (secondary N) is 1. The highest BCUT2D eigenvalue weighted by Crippen LogP contribution is 2.36. The number of halogens is 1. The van der Waals surface area contributed by atoms with Crippen LogP contribution in [0.3, 0.4) is 0 Å². The Morgan fingerprint density at radius 2 is 1.94 bits per heavy atom. The van der Waals surface area contributed by atoms with E-state index in [2.05, 4.69) is 21.4 Å². The first-order valence-corrected chi connectivity index (χ1v) is 10.4. The molecule has 1 aliphatic heterocycles. The van der Waals surface area contributed by atoms with Crippen LogP contribution in [0.4, 0.5) is 10.2 Å². The van der Waals surface area contributed by atoms with Crippen LogP contribution in [-0.4, -0.2) is 39.6 Å². The molecule has 2 aliphatic rings. The fourth-order valence-electron chi connectivity index (χ4n) is 4.06. The monoisotopic (exact) mass is 424 g/mol. The van der Waals surface area contributed by atoms with Gasteiger partial charge in [-0.05, 0) is 43.4 Å². The van der Waals surface area contributed by atoms with Gasteiger partial charge in [-0.3, -0.25) is 19.2 Å². The minimum absolute atomic E-state index is 0.0337. The lowest BCUT2D eigenvalue weighted by molar-refractivity contribution is -0.117. The van der Waals surface area contributed by atoms with Crippen molar-refractivity contribution in [1.82, 2.24) is 14.7 Å². The Balaban J connectivity index is 1.51. The normalized spacial score (nSPS) is 18.3. The van der Waals surface area contributed by atoms with Gasteiger partial charge in [-0.2, -0.15) is 10.4 Å². The molecule has 0 unspecified atom stereocenters. The number of rotatable bonds is 7. The van der Waals surface area contributed by atoms with Crippen molar-refractivity contribution in [3.05, 3.63) is 47.4 Å². The molecule has 0 bridgehead atoms. The van der Waals surface area contributed by atoms with Crippen LogP contribution in [0.15, 0.2) is 30.5 Å². The summed E-state index contributed by atoms with van der Waals surface area (Å²) < 4.78 is 14.8. The second kappa shape index (κ2) is 8.47. The van der Waals surface area contributed by atoms with E-state index in [1.165, 1.54) is 12.1 Å². The van der Waals surface area contributed by atoms with Gasteiger partial charge in [0.2, 0.25) is 5.91 Å². The van der Waals surface area contributed by atoms with Gasteiger partial charge in [-0.15, -0.1) is 0 Å². The third-order valence-corrected chi connectivity index (χ3v) is 6.17. The number of nitrogens with zero attached hydrogens (tertiary/aromatic N) is 4. The Morgan fingerprint density at radius 3 is 2.52 bits per heavy atom. The molecule has 2 aromatic rings. The van der Waals surface area contributed by atoms with E-state index in [1.54, 1.807) is 23.0 Å². The van der Waals surface area contributed by atoms with Crippen molar-refractivity contribution in [2.24, 2.45) is 11.7 Å². The van der Waals surface area contributed by atoms with Crippen LogP contribution in [0.5, 0.6) is 0 Å². The van der Waals surface area contributed by atoms with Crippen LogP contribution in [0.25, 0.3) is 0 Å². The predicted octanol–water partition coefficient (Wildman–Crippen LogP) is 2.37. The van der Waals surface area contributed by atoms with Crippen LogP contribution in [0.2, 0.25) is 0 Å². The third-order valence-electron chi connectivity index (χ3n) is 6.17. The molecule has 1 saturated carbocycles. The van der Waals surface area contributed by atoms with E-state index in [0.717, 1.165) is 18.4 Å². The van der Waals surface area contributed by atoms with E-state index in [4.69, 9.17) is 5.73 Å². The predicted molar refractivity (Wildman–Crippen MR) is 111 cm³/mol. The fraction of sp³-hybridized carbons (Fsp3) is 0.455. The molecule has 0 spiro atoms. The van der Waals surface area contributed by atoms with Gasteiger partial charge in [-0.1, -0.05) is 12.1 Å². The minimum atomic E-state index is -0.668. The summed E-state index contributed by atoms with van der Waals surface area (Å²) in [6.45, 7) is 2.13. The lowest BCUT2D eigenvalue weighted by atomic mass is 9.84. The molecular formula is C22H25FN6O2. The van der Waals surface area contributed by atoms with Crippen molar-refractivity contribution >= 4 is 17.6 Å². The van der Waals surface area contributed by atoms with Crippen molar-refractivity contribution in [2.45, 2.75) is 44.2 Å². The van der Waals surface area contributed by atoms with Crippen LogP contribution < -0.4 is 11.1 Å². The topological polar surface area (TPSA) is 117 Å². The Hall–Kier alpha value is -3.25. The highest BCUT2D eigenvalue weighted by atomic mass is 19.1. The molecule has 31 heavy (non-hydrogen) atoms. The lowest BCUT2D eigenvalue weighted by Gasteiger charge is -2.40. The molecule has 2 heterocycles. The van der Waals surface area contributed by atoms with Crippen molar-refractivity contribution in [3.63, 3.8) is 0 Å². The van der Waals surface area contributed by atoms with Gasteiger partial charge in [0, 0.05) is 31.7 Å². The van der Waals surface area contributed by atoms with Crippen LogP contribution in [0.1, 0.15) is 48.0 Å². The van der Waals surface area contributed by atoms with E-state index < -0.39 is 11.4 Å². The maximum Gasteiger partial charge on any atom is 0.254 e. The molecule has 2 amide bonds. The minimum Gasteiger partial charge on any atom is -0.365 e. The quantitative estimate of drug-likeness (QED) is 0.708. The first kappa shape index (κ1) is 21.0. The zero-order valence-electron chi connectivity index (χ0n) is 17.2. The number of carbonyl (C=O) groups excluding carboxylic acids is 2. The summed E-state index contributed by atoms with van der Waals surface area (Å²) >= 11 is 0. The number of hydrogen-bond acceptors (Lipinski definition) is 5. The molecule has 8 nitrogen and oxygen atoms in total. The van der Waals surface area contributed by atoms with Gasteiger partial charge in [0.15, 0.2) is 5.82 Å². The largest absolute Gasteiger partial charge is 0.365 e. The molecule has 0 atom stereocenters. The Morgan fingerprint density at radius 1 is 1.26 bits per heavy atom. The van der Waals surface area contributed by atoms with Gasteiger partial charge in [0.1, 0.15) is 11.4 Å². The van der Waals surface area contributed by atoms with Crippen LogP contribution in [-0.2, 0) is 16.9 Å². The molecule has 1 aliphatic carbocycles. The molecule has 9 heteroatoms. The Kier molecular flexibility index (Phi) is 5.74. The SMILES string of the molecule is N#CCC1(n2cc(C(N)=O)c(NC(=O)C3CC3)n2)CCN(Cc2ccc(F)cc2)CC1. The smallest absolute Gasteiger partial charge is 0.254 e. The van der Waals surface area contributed by atoms with Gasteiger partial charge < -0.3 is 11.1 Å². The molecule has 2 fully saturated rings. The number of nitriles is 1. The second-order valence-electron chi connectivity index (χ2n) is 8.43. The highest BCUT2D eigenvalue weighted by Gasteiger charge is 2.39. The molecule has 1 aromatic carbocycles. The van der Waals surface area contributed by atoms with Crippen LogP contribution >= 0.6 is 0 Å². The number of amides is 2. The van der Waals surface area contributed by atoms with Crippen molar-refractivity contribution in [3.8, 4) is 6.07 Å². The lowest BCUT2D eigenvalue weighted by Crippen LogP contribution is -2.46. The first-order valence-electron chi connectivity index (χ1n) is 10.4. The van der Waals surface area contributed by atoms with E-state index in [-0.39, 0.29) is 35.4 Å². The number of nitrogens with two attached hydrogens (primary N) is 1. The van der Waals surface area contributed by atoms with Gasteiger partial charge >= 0.3 is 0 Å². The number of carbonyl (C=O) groups is 2. The number of primary amides is 1. The summed E-state index contributed by atoms with van der Waals surface area (Å²) in [6, 6.07) is 8.69. The summed E-state index contributed by atoms with van der Waals surface area (Å²) in [5.41, 5.74) is 6.11. The number of hydrogen-bond donors (Lipinski definition) is 2. The van der Waals surface area contributed by atoms with E-state index >= 15 is 0 Å². The maximum absolute atomic E-state index is 13.1. The van der Waals surface area contributed by atoms with E-state index in [0.29, 0.717) is 32.5 Å². The summed E-state index contributed by atoms with van der Waals surface area (Å²) in [4.78, 5) is 26.4. The molecule has 3 N–H and O–H groups in total. The van der Waals surface area contributed by atoms with Gasteiger partial charge in [0.05, 0.1) is 18.0 Å². The van der Waals surface area contributed by atoms with E-state index in [1.807, 2.05) is 0 Å². The summed E-state index contributed by atoms with van der Waals surface area (Å²) in [5.74, 6) is -0.956. The summed E-state index contributed by atoms with van der Waals surface area (Å²) in [7, 11) is 0. The highest BCUT2D eigenvalue weighted by molar-refractivity contribution is 6.02. The van der Waals surface area contributed by atoms with Crippen molar-refractivity contribution < 1.29 is 14.0 Å². The molecule has 162 valence electrons. The molecule has 1 aromatic heterocycles. The van der Waals surface area contributed by atoms with Crippen molar-refractivity contribution in [1.29, 1.82) is 5.26 Å². The van der Waals surface area contributed by atoms with E-state index in [9.17, 15) is 19.2 Å². The molecular weight excluding hydrogens is 399 g/mol. The molecule has 0 radical (unpaired) electrons. The number of aromatic nitrogens is 2. The maximum atomic E-state index is 13.1. The molecule has 4 rings (SSSR count). The summed E-state index contributed by atoms with van der Waals surface area (Å²) in [5, 5.41) is 16.7. The third kappa shape index (κ3) is 4.59. The van der Waals surface area contributed by atoms with Crippen molar-refractivity contribution in [2.75, 3.05) is 18.4 Å². The molecule has 1 saturated heterocycles. The Bertz CT molecular complexity index is 1010. The average Bonchev–Trinajstić information content (AvgIpc) is 3.51. The number of piperidine rings is 1.